The molecule has 0 aliphatic rings. The summed E-state index contributed by atoms with van der Waals surface area (Å²) in [5.74, 6) is -1.22. The number of hydrogen-bond donors (Lipinski definition) is 1. The van der Waals surface area contributed by atoms with Crippen LogP contribution < -0.4 is 5.73 Å². The van der Waals surface area contributed by atoms with Crippen molar-refractivity contribution in [2.75, 3.05) is 5.75 Å². The molecule has 1 unspecified atom stereocenters. The average molecular weight is 267 g/mol. The van der Waals surface area contributed by atoms with E-state index in [2.05, 4.69) is 9.97 Å². The Hall–Kier alpha value is -1.53. The van der Waals surface area contributed by atoms with Crippen LogP contribution in [-0.2, 0) is 0 Å². The molecule has 1 aromatic heterocycles. The summed E-state index contributed by atoms with van der Waals surface area (Å²) in [7, 11) is 0. The number of thioether (sulfide) groups is 1. The van der Waals surface area contributed by atoms with Gasteiger partial charge in [0.05, 0.1) is 5.03 Å². The van der Waals surface area contributed by atoms with E-state index in [4.69, 9.17) is 5.73 Å². The third-order valence-electron chi connectivity index (χ3n) is 2.34. The largest absolute Gasteiger partial charge is 0.323 e. The number of nitrogens with two attached hydrogens (primary N) is 1. The highest BCUT2D eigenvalue weighted by Crippen LogP contribution is 2.22. The molecule has 18 heavy (non-hydrogen) atoms. The van der Waals surface area contributed by atoms with Gasteiger partial charge in [0.1, 0.15) is 6.33 Å². The lowest BCUT2D eigenvalue weighted by Crippen LogP contribution is -2.13. The van der Waals surface area contributed by atoms with Crippen molar-refractivity contribution in [2.45, 2.75) is 11.1 Å². The highest BCUT2D eigenvalue weighted by molar-refractivity contribution is 7.99. The molecule has 0 amide bonds. The molecule has 1 atom stereocenters. The van der Waals surface area contributed by atoms with Gasteiger partial charge in [0.25, 0.3) is 0 Å². The second-order valence-electron chi connectivity index (χ2n) is 3.64. The minimum atomic E-state index is -0.880. The van der Waals surface area contributed by atoms with Crippen LogP contribution in [0, 0.1) is 11.6 Å². The Balaban J connectivity index is 1.99. The number of nitrogens with zero attached hydrogens (tertiary/aromatic N) is 2. The van der Waals surface area contributed by atoms with Crippen molar-refractivity contribution < 1.29 is 8.78 Å². The van der Waals surface area contributed by atoms with Crippen LogP contribution in [0.3, 0.4) is 0 Å². The number of benzene rings is 1. The molecule has 1 heterocycles. The van der Waals surface area contributed by atoms with Crippen LogP contribution in [0.15, 0.2) is 41.8 Å². The Bertz CT molecular complexity index is 522. The van der Waals surface area contributed by atoms with Crippen LogP contribution in [-0.4, -0.2) is 15.7 Å². The van der Waals surface area contributed by atoms with Crippen molar-refractivity contribution >= 4 is 11.8 Å². The fourth-order valence-electron chi connectivity index (χ4n) is 1.38. The van der Waals surface area contributed by atoms with Crippen molar-refractivity contribution in [3.05, 3.63) is 54.0 Å². The first kappa shape index (κ1) is 12.9. The summed E-state index contributed by atoms with van der Waals surface area (Å²) < 4.78 is 25.8. The van der Waals surface area contributed by atoms with Crippen LogP contribution in [0.1, 0.15) is 11.6 Å². The van der Waals surface area contributed by atoms with E-state index in [1.807, 2.05) is 0 Å². The summed E-state index contributed by atoms with van der Waals surface area (Å²) >= 11 is 1.44. The first-order valence-corrected chi connectivity index (χ1v) is 6.24. The lowest BCUT2D eigenvalue weighted by Gasteiger charge is -2.11. The van der Waals surface area contributed by atoms with Gasteiger partial charge in [-0.05, 0) is 23.8 Å². The predicted molar refractivity (Wildman–Crippen MR) is 66.0 cm³/mol. The number of halogens is 2. The van der Waals surface area contributed by atoms with E-state index in [1.54, 1.807) is 12.3 Å². The molecule has 0 saturated carbocycles. The Morgan fingerprint density at radius 2 is 2.06 bits per heavy atom. The van der Waals surface area contributed by atoms with Gasteiger partial charge in [-0.25, -0.2) is 18.7 Å². The fraction of sp³-hybridized carbons (Fsp3) is 0.167. The zero-order chi connectivity index (χ0) is 13.0. The van der Waals surface area contributed by atoms with E-state index in [1.165, 1.54) is 24.2 Å². The van der Waals surface area contributed by atoms with Gasteiger partial charge >= 0.3 is 0 Å². The maximum Gasteiger partial charge on any atom is 0.159 e. The average Bonchev–Trinajstić information content (AvgIpc) is 2.40. The first-order chi connectivity index (χ1) is 8.66. The van der Waals surface area contributed by atoms with Gasteiger partial charge in [0.15, 0.2) is 11.6 Å². The number of aromatic nitrogens is 2. The molecule has 6 heteroatoms. The maximum absolute atomic E-state index is 13.0. The summed E-state index contributed by atoms with van der Waals surface area (Å²) in [6.07, 6.45) is 3.09. The lowest BCUT2D eigenvalue weighted by atomic mass is 10.1. The van der Waals surface area contributed by atoms with Crippen molar-refractivity contribution in [1.82, 2.24) is 9.97 Å². The molecule has 0 bridgehead atoms. The van der Waals surface area contributed by atoms with Gasteiger partial charge < -0.3 is 5.73 Å². The first-order valence-electron chi connectivity index (χ1n) is 5.26. The van der Waals surface area contributed by atoms with Crippen LogP contribution in [0.25, 0.3) is 0 Å². The van der Waals surface area contributed by atoms with Gasteiger partial charge in [-0.1, -0.05) is 6.07 Å². The monoisotopic (exact) mass is 267 g/mol. The van der Waals surface area contributed by atoms with E-state index in [9.17, 15) is 8.78 Å². The second kappa shape index (κ2) is 5.88. The fourth-order valence-corrected chi connectivity index (χ4v) is 2.20. The van der Waals surface area contributed by atoms with Crippen LogP contribution >= 0.6 is 11.8 Å². The van der Waals surface area contributed by atoms with Crippen LogP contribution in [0.4, 0.5) is 8.78 Å². The lowest BCUT2D eigenvalue weighted by molar-refractivity contribution is 0.506. The third kappa shape index (κ3) is 3.24. The molecule has 2 aromatic rings. The van der Waals surface area contributed by atoms with Crippen molar-refractivity contribution in [1.29, 1.82) is 0 Å². The number of hydrogen-bond acceptors (Lipinski definition) is 4. The molecule has 2 rings (SSSR count). The topological polar surface area (TPSA) is 51.8 Å². The van der Waals surface area contributed by atoms with Gasteiger partial charge in [0.2, 0.25) is 0 Å². The summed E-state index contributed by atoms with van der Waals surface area (Å²) in [4.78, 5) is 7.84. The smallest absolute Gasteiger partial charge is 0.159 e. The summed E-state index contributed by atoms with van der Waals surface area (Å²) in [5, 5.41) is 0.794. The molecule has 1 aromatic carbocycles. The van der Waals surface area contributed by atoms with Crippen molar-refractivity contribution in [3.8, 4) is 0 Å². The molecule has 0 fully saturated rings. The highest BCUT2D eigenvalue weighted by atomic mass is 32.2. The van der Waals surface area contributed by atoms with Crippen LogP contribution in [0.2, 0.25) is 0 Å². The quantitative estimate of drug-likeness (QED) is 0.683. The van der Waals surface area contributed by atoms with Crippen molar-refractivity contribution in [3.63, 3.8) is 0 Å². The number of rotatable bonds is 4. The minimum Gasteiger partial charge on any atom is -0.323 e. The Morgan fingerprint density at radius 1 is 1.22 bits per heavy atom. The van der Waals surface area contributed by atoms with E-state index < -0.39 is 11.6 Å². The maximum atomic E-state index is 13.0. The van der Waals surface area contributed by atoms with Crippen LogP contribution in [0.5, 0.6) is 0 Å². The van der Waals surface area contributed by atoms with E-state index in [0.29, 0.717) is 11.3 Å². The predicted octanol–water partition coefficient (Wildman–Crippen LogP) is 2.55. The summed E-state index contributed by atoms with van der Waals surface area (Å²) in [6, 6.07) is 5.09. The zero-order valence-electron chi connectivity index (χ0n) is 9.38. The van der Waals surface area contributed by atoms with Crippen molar-refractivity contribution in [2.24, 2.45) is 5.73 Å². The summed E-state index contributed by atoms with van der Waals surface area (Å²) in [6.45, 7) is 0. The summed E-state index contributed by atoms with van der Waals surface area (Å²) in [5.41, 5.74) is 6.47. The molecule has 0 radical (unpaired) electrons. The molecule has 0 aliphatic carbocycles. The van der Waals surface area contributed by atoms with E-state index in [0.717, 1.165) is 17.2 Å². The SMILES string of the molecule is NC(CSc1ccncn1)c1ccc(F)c(F)c1. The second-order valence-corrected chi connectivity index (χ2v) is 4.68. The third-order valence-corrected chi connectivity index (χ3v) is 3.40. The molecule has 94 valence electrons. The van der Waals surface area contributed by atoms with Gasteiger partial charge in [-0.15, -0.1) is 11.8 Å². The Morgan fingerprint density at radius 3 is 2.72 bits per heavy atom. The Kier molecular flexibility index (Phi) is 4.22. The highest BCUT2D eigenvalue weighted by Gasteiger charge is 2.10. The minimum absolute atomic E-state index is 0.375. The normalized spacial score (nSPS) is 12.4. The van der Waals surface area contributed by atoms with E-state index >= 15 is 0 Å². The molecular formula is C12H11F2N3S. The molecule has 0 saturated heterocycles. The zero-order valence-corrected chi connectivity index (χ0v) is 10.2. The standard InChI is InChI=1S/C12H11F2N3S/c13-9-2-1-8(5-10(9)14)11(15)6-18-12-3-4-16-7-17-12/h1-5,7,11H,6,15H2. The Labute approximate surface area is 107 Å². The van der Waals surface area contributed by atoms with Gasteiger partial charge in [-0.3, -0.25) is 0 Å². The molecule has 3 nitrogen and oxygen atoms in total. The van der Waals surface area contributed by atoms with E-state index in [-0.39, 0.29) is 6.04 Å². The van der Waals surface area contributed by atoms with Gasteiger partial charge in [0, 0.05) is 18.0 Å². The molecular weight excluding hydrogens is 256 g/mol. The molecule has 0 spiro atoms. The molecule has 0 aliphatic heterocycles. The molecule has 2 N–H and O–H groups in total. The van der Waals surface area contributed by atoms with Gasteiger partial charge in [-0.2, -0.15) is 0 Å².